The molecule has 1 atom stereocenters. The molecule has 0 radical (unpaired) electrons. The van der Waals surface area contributed by atoms with Gasteiger partial charge in [-0.15, -0.1) is 0 Å². The maximum absolute atomic E-state index is 3.62. The summed E-state index contributed by atoms with van der Waals surface area (Å²) in [6, 6.07) is 0.808. The highest BCUT2D eigenvalue weighted by Crippen LogP contribution is 2.39. The third kappa shape index (κ3) is 1.76. The molecule has 1 aliphatic heterocycles. The van der Waals surface area contributed by atoms with E-state index in [-0.39, 0.29) is 0 Å². The van der Waals surface area contributed by atoms with Gasteiger partial charge in [0.2, 0.25) is 0 Å². The predicted octanol–water partition coefficient (Wildman–Crippen LogP) is 2.71. The molecule has 2 fully saturated rings. The Bertz CT molecular complexity index is 106. The number of nitrogens with one attached hydrogen (secondary N) is 1. The van der Waals surface area contributed by atoms with E-state index in [4.69, 9.17) is 0 Å². The summed E-state index contributed by atoms with van der Waals surface area (Å²) in [4.78, 5) is 0. The Labute approximate surface area is 70.6 Å². The Morgan fingerprint density at radius 3 is 2.00 bits per heavy atom. The summed E-state index contributed by atoms with van der Waals surface area (Å²) in [5.41, 5.74) is 0.638. The van der Waals surface area contributed by atoms with Crippen molar-refractivity contribution in [3.63, 3.8) is 0 Å². The fraction of sp³-hybridized carbons (Fsp3) is 1.00. The third-order valence-electron chi connectivity index (χ3n) is 2.81. The number of hydrogen-bond acceptors (Lipinski definition) is 1. The molecule has 0 aromatic heterocycles. The van der Waals surface area contributed by atoms with Crippen molar-refractivity contribution in [1.29, 1.82) is 0 Å². The van der Waals surface area contributed by atoms with E-state index < -0.39 is 0 Å². The first-order valence-electron chi connectivity index (χ1n) is 5.08. The summed E-state index contributed by atoms with van der Waals surface area (Å²) in [6.07, 6.45) is 7.24. The highest BCUT2D eigenvalue weighted by Gasteiger charge is 2.42. The molecular weight excluding hydrogens is 134 g/mol. The van der Waals surface area contributed by atoms with Crippen LogP contribution < -0.4 is 5.32 Å². The van der Waals surface area contributed by atoms with Crippen LogP contribution in [0.1, 0.15) is 52.9 Å². The zero-order chi connectivity index (χ0) is 8.32. The quantitative estimate of drug-likeness (QED) is 0.567. The fourth-order valence-corrected chi connectivity index (χ4v) is 2.49. The van der Waals surface area contributed by atoms with E-state index in [0.29, 0.717) is 5.54 Å². The molecule has 66 valence electrons. The second-order valence-corrected chi connectivity index (χ2v) is 3.74. The summed E-state index contributed by atoms with van der Waals surface area (Å²) >= 11 is 0. The van der Waals surface area contributed by atoms with Gasteiger partial charge in [0, 0.05) is 11.6 Å². The van der Waals surface area contributed by atoms with Crippen LogP contribution in [0.25, 0.3) is 0 Å². The molecule has 11 heavy (non-hydrogen) atoms. The summed E-state index contributed by atoms with van der Waals surface area (Å²) in [5, 5.41) is 3.62. The van der Waals surface area contributed by atoms with Gasteiger partial charge < -0.3 is 5.32 Å². The van der Waals surface area contributed by atoms with Crippen LogP contribution in [0, 0.1) is 0 Å². The standard InChI is InChI=1S/C8H15N.C2H6/c1-7-6-8(9-7)4-2-3-5-8;1-2/h7,9H,2-6H2,1H3;1-2H3. The minimum atomic E-state index is 0.638. The highest BCUT2D eigenvalue weighted by atomic mass is 15.1. The van der Waals surface area contributed by atoms with Gasteiger partial charge in [-0.25, -0.2) is 0 Å². The van der Waals surface area contributed by atoms with Crippen LogP contribution in [-0.4, -0.2) is 11.6 Å². The first-order valence-corrected chi connectivity index (χ1v) is 5.08. The van der Waals surface area contributed by atoms with Crippen LogP contribution >= 0.6 is 0 Å². The Balaban J connectivity index is 0.000000281. The van der Waals surface area contributed by atoms with Crippen molar-refractivity contribution in [2.24, 2.45) is 0 Å². The monoisotopic (exact) mass is 155 g/mol. The van der Waals surface area contributed by atoms with E-state index in [9.17, 15) is 0 Å². The summed E-state index contributed by atoms with van der Waals surface area (Å²) in [6.45, 7) is 6.28. The molecule has 0 aromatic rings. The molecule has 2 aliphatic rings. The molecule has 1 unspecified atom stereocenters. The first-order chi connectivity index (χ1) is 5.31. The fourth-order valence-electron chi connectivity index (χ4n) is 2.49. The van der Waals surface area contributed by atoms with Gasteiger partial charge in [0.1, 0.15) is 0 Å². The van der Waals surface area contributed by atoms with E-state index in [1.54, 1.807) is 0 Å². The number of rotatable bonds is 0. The van der Waals surface area contributed by atoms with Crippen LogP contribution in [0.5, 0.6) is 0 Å². The normalized spacial score (nSPS) is 32.5. The van der Waals surface area contributed by atoms with Crippen LogP contribution in [0.4, 0.5) is 0 Å². The van der Waals surface area contributed by atoms with Crippen LogP contribution in [-0.2, 0) is 0 Å². The van der Waals surface area contributed by atoms with E-state index in [1.807, 2.05) is 13.8 Å². The minimum Gasteiger partial charge on any atom is -0.309 e. The average molecular weight is 155 g/mol. The summed E-state index contributed by atoms with van der Waals surface area (Å²) in [5.74, 6) is 0. The molecule has 1 heterocycles. The molecule has 2 rings (SSSR count). The summed E-state index contributed by atoms with van der Waals surface area (Å²) < 4.78 is 0. The summed E-state index contributed by atoms with van der Waals surface area (Å²) in [7, 11) is 0. The molecule has 1 aliphatic carbocycles. The Kier molecular flexibility index (Phi) is 2.94. The lowest BCUT2D eigenvalue weighted by Gasteiger charge is -2.45. The van der Waals surface area contributed by atoms with E-state index in [2.05, 4.69) is 12.2 Å². The zero-order valence-electron chi connectivity index (χ0n) is 8.11. The largest absolute Gasteiger partial charge is 0.309 e. The smallest absolute Gasteiger partial charge is 0.0198 e. The zero-order valence-corrected chi connectivity index (χ0v) is 8.11. The highest BCUT2D eigenvalue weighted by molar-refractivity contribution is 5.03. The van der Waals surface area contributed by atoms with Crippen LogP contribution in [0.3, 0.4) is 0 Å². The van der Waals surface area contributed by atoms with E-state index in [0.717, 1.165) is 6.04 Å². The Hall–Kier alpha value is -0.0400. The first kappa shape index (κ1) is 9.05. The lowest BCUT2D eigenvalue weighted by Crippen LogP contribution is -2.60. The second kappa shape index (κ2) is 3.57. The topological polar surface area (TPSA) is 12.0 Å². The minimum absolute atomic E-state index is 0.638. The molecule has 0 aromatic carbocycles. The SMILES string of the molecule is CC.CC1CC2(CCCC2)N1. The molecule has 1 spiro atoms. The van der Waals surface area contributed by atoms with Gasteiger partial charge >= 0.3 is 0 Å². The number of hydrogen-bond donors (Lipinski definition) is 1. The van der Waals surface area contributed by atoms with Crippen molar-refractivity contribution < 1.29 is 0 Å². The van der Waals surface area contributed by atoms with Crippen molar-refractivity contribution in [2.75, 3.05) is 0 Å². The molecule has 1 saturated carbocycles. The molecule has 0 bridgehead atoms. The molecule has 1 heteroatoms. The lowest BCUT2D eigenvalue weighted by atomic mass is 9.81. The van der Waals surface area contributed by atoms with E-state index in [1.165, 1.54) is 32.1 Å². The third-order valence-corrected chi connectivity index (χ3v) is 2.81. The van der Waals surface area contributed by atoms with E-state index >= 15 is 0 Å². The van der Waals surface area contributed by atoms with Gasteiger partial charge in [0.25, 0.3) is 0 Å². The second-order valence-electron chi connectivity index (χ2n) is 3.74. The van der Waals surface area contributed by atoms with Gasteiger partial charge in [-0.2, -0.15) is 0 Å². The van der Waals surface area contributed by atoms with Gasteiger partial charge in [-0.3, -0.25) is 0 Å². The van der Waals surface area contributed by atoms with Gasteiger partial charge in [0.05, 0.1) is 0 Å². The Morgan fingerprint density at radius 2 is 1.64 bits per heavy atom. The maximum atomic E-state index is 3.62. The van der Waals surface area contributed by atoms with Crippen LogP contribution in [0.15, 0.2) is 0 Å². The van der Waals surface area contributed by atoms with Crippen LogP contribution in [0.2, 0.25) is 0 Å². The molecule has 1 N–H and O–H groups in total. The predicted molar refractivity (Wildman–Crippen MR) is 49.8 cm³/mol. The van der Waals surface area contributed by atoms with Gasteiger partial charge in [-0.1, -0.05) is 26.7 Å². The lowest BCUT2D eigenvalue weighted by molar-refractivity contribution is 0.153. The molecule has 1 nitrogen and oxygen atoms in total. The molecular formula is C10H21N. The Morgan fingerprint density at radius 1 is 1.18 bits per heavy atom. The molecule has 0 amide bonds. The van der Waals surface area contributed by atoms with Gasteiger partial charge in [-0.05, 0) is 26.2 Å². The van der Waals surface area contributed by atoms with Crippen molar-refractivity contribution in [2.45, 2.75) is 64.5 Å². The van der Waals surface area contributed by atoms with Crippen molar-refractivity contribution >= 4 is 0 Å². The van der Waals surface area contributed by atoms with Crippen molar-refractivity contribution in [1.82, 2.24) is 5.32 Å². The molecule has 1 saturated heterocycles. The maximum Gasteiger partial charge on any atom is 0.0198 e. The van der Waals surface area contributed by atoms with Gasteiger partial charge in [0.15, 0.2) is 0 Å². The average Bonchev–Trinajstić information content (AvgIpc) is 2.40. The van der Waals surface area contributed by atoms with Crippen molar-refractivity contribution in [3.8, 4) is 0 Å². The van der Waals surface area contributed by atoms with Crippen molar-refractivity contribution in [3.05, 3.63) is 0 Å².